The van der Waals surface area contributed by atoms with Gasteiger partial charge in [0, 0.05) is 24.8 Å². The molecule has 14 heavy (non-hydrogen) atoms. The van der Waals surface area contributed by atoms with E-state index < -0.39 is 0 Å². The van der Waals surface area contributed by atoms with Crippen LogP contribution in [0.4, 0.5) is 10.1 Å². The molecule has 2 rings (SSSR count). The van der Waals surface area contributed by atoms with Crippen LogP contribution in [0.3, 0.4) is 0 Å². The fourth-order valence-corrected chi connectivity index (χ4v) is 1.98. The predicted molar refractivity (Wildman–Crippen MR) is 55.9 cm³/mol. The maximum atomic E-state index is 12.9. The molecule has 0 radical (unpaired) electrons. The molecule has 76 valence electrons. The molecule has 1 saturated heterocycles. The van der Waals surface area contributed by atoms with Gasteiger partial charge in [0.2, 0.25) is 0 Å². The molecule has 1 fully saturated rings. The molecule has 2 N–H and O–H groups in total. The van der Waals surface area contributed by atoms with E-state index in [1.165, 1.54) is 6.07 Å². The Hall–Kier alpha value is -1.09. The first-order valence-corrected chi connectivity index (χ1v) is 4.93. The Kier molecular flexibility index (Phi) is 2.42. The minimum Gasteiger partial charge on any atom is -0.370 e. The van der Waals surface area contributed by atoms with Crippen molar-refractivity contribution in [1.82, 2.24) is 0 Å². The second-order valence-electron chi connectivity index (χ2n) is 3.93. The van der Waals surface area contributed by atoms with Gasteiger partial charge in [0.05, 0.1) is 0 Å². The van der Waals surface area contributed by atoms with Crippen LogP contribution < -0.4 is 10.6 Å². The quantitative estimate of drug-likeness (QED) is 0.737. The highest BCUT2D eigenvalue weighted by Crippen LogP contribution is 2.24. The van der Waals surface area contributed by atoms with Gasteiger partial charge in [-0.2, -0.15) is 0 Å². The molecule has 0 spiro atoms. The molecule has 1 aromatic carbocycles. The second kappa shape index (κ2) is 3.58. The lowest BCUT2D eigenvalue weighted by Gasteiger charge is -2.20. The predicted octanol–water partition coefficient (Wildman–Crippen LogP) is 1.67. The number of nitrogens with two attached hydrogens (primary N) is 1. The molecular weight excluding hydrogens is 179 g/mol. The van der Waals surface area contributed by atoms with E-state index in [4.69, 9.17) is 5.73 Å². The van der Waals surface area contributed by atoms with Gasteiger partial charge >= 0.3 is 0 Å². The van der Waals surface area contributed by atoms with Gasteiger partial charge in [0.15, 0.2) is 0 Å². The third-order valence-corrected chi connectivity index (χ3v) is 2.72. The standard InChI is InChI=1S/C11H15FN2/c1-8-6-9(12)2-3-11(8)14-5-4-10(13)7-14/h2-3,6,10H,4-5,7,13H2,1H3. The van der Waals surface area contributed by atoms with Crippen molar-refractivity contribution in [3.05, 3.63) is 29.6 Å². The summed E-state index contributed by atoms with van der Waals surface area (Å²) < 4.78 is 12.9. The van der Waals surface area contributed by atoms with Gasteiger partial charge in [-0.3, -0.25) is 0 Å². The summed E-state index contributed by atoms with van der Waals surface area (Å²) in [7, 11) is 0. The van der Waals surface area contributed by atoms with Gasteiger partial charge < -0.3 is 10.6 Å². The van der Waals surface area contributed by atoms with Crippen LogP contribution >= 0.6 is 0 Å². The van der Waals surface area contributed by atoms with E-state index in [0.717, 1.165) is 30.8 Å². The fraction of sp³-hybridized carbons (Fsp3) is 0.455. The van der Waals surface area contributed by atoms with E-state index in [1.54, 1.807) is 6.07 Å². The Morgan fingerprint density at radius 3 is 2.86 bits per heavy atom. The van der Waals surface area contributed by atoms with Crippen LogP contribution in [-0.2, 0) is 0 Å². The van der Waals surface area contributed by atoms with Crippen LogP contribution in [0.1, 0.15) is 12.0 Å². The Labute approximate surface area is 83.5 Å². The zero-order valence-electron chi connectivity index (χ0n) is 8.33. The highest BCUT2D eigenvalue weighted by atomic mass is 19.1. The van der Waals surface area contributed by atoms with Crippen molar-refractivity contribution in [2.75, 3.05) is 18.0 Å². The number of nitrogens with zero attached hydrogens (tertiary/aromatic N) is 1. The highest BCUT2D eigenvalue weighted by Gasteiger charge is 2.20. The Balaban J connectivity index is 2.24. The van der Waals surface area contributed by atoms with E-state index in [1.807, 2.05) is 13.0 Å². The Morgan fingerprint density at radius 2 is 2.29 bits per heavy atom. The summed E-state index contributed by atoms with van der Waals surface area (Å²) in [6.45, 7) is 3.79. The topological polar surface area (TPSA) is 29.3 Å². The van der Waals surface area contributed by atoms with E-state index in [2.05, 4.69) is 4.90 Å². The van der Waals surface area contributed by atoms with Gasteiger partial charge in [-0.1, -0.05) is 0 Å². The second-order valence-corrected chi connectivity index (χ2v) is 3.93. The van der Waals surface area contributed by atoms with E-state index in [9.17, 15) is 4.39 Å². The summed E-state index contributed by atoms with van der Waals surface area (Å²) in [5, 5.41) is 0. The van der Waals surface area contributed by atoms with Crippen molar-refractivity contribution in [3.8, 4) is 0 Å². The van der Waals surface area contributed by atoms with E-state index in [0.29, 0.717) is 0 Å². The molecule has 1 unspecified atom stereocenters. The van der Waals surface area contributed by atoms with E-state index >= 15 is 0 Å². The number of hydrogen-bond donors (Lipinski definition) is 1. The van der Waals surface area contributed by atoms with Crippen molar-refractivity contribution in [1.29, 1.82) is 0 Å². The smallest absolute Gasteiger partial charge is 0.123 e. The number of aryl methyl sites for hydroxylation is 1. The molecule has 0 aromatic heterocycles. The molecule has 1 aliphatic rings. The molecule has 0 saturated carbocycles. The van der Waals surface area contributed by atoms with Gasteiger partial charge in [-0.15, -0.1) is 0 Å². The Morgan fingerprint density at radius 1 is 1.50 bits per heavy atom. The summed E-state index contributed by atoms with van der Waals surface area (Å²) in [5.41, 5.74) is 7.92. The number of benzene rings is 1. The van der Waals surface area contributed by atoms with Crippen molar-refractivity contribution in [2.24, 2.45) is 5.73 Å². The molecule has 0 amide bonds. The molecule has 1 aromatic rings. The van der Waals surface area contributed by atoms with Crippen LogP contribution in [0, 0.1) is 12.7 Å². The lowest BCUT2D eigenvalue weighted by Crippen LogP contribution is -2.26. The monoisotopic (exact) mass is 194 g/mol. The molecule has 2 nitrogen and oxygen atoms in total. The lowest BCUT2D eigenvalue weighted by atomic mass is 10.2. The maximum absolute atomic E-state index is 12.9. The summed E-state index contributed by atoms with van der Waals surface area (Å²) in [6.07, 6.45) is 1.02. The van der Waals surface area contributed by atoms with Crippen LogP contribution in [-0.4, -0.2) is 19.1 Å². The minimum atomic E-state index is -0.172. The summed E-state index contributed by atoms with van der Waals surface area (Å²) in [6, 6.07) is 5.17. The average Bonchev–Trinajstić information content (AvgIpc) is 2.51. The fourth-order valence-electron chi connectivity index (χ4n) is 1.98. The molecule has 3 heteroatoms. The summed E-state index contributed by atoms with van der Waals surface area (Å²) >= 11 is 0. The minimum absolute atomic E-state index is 0.172. The number of hydrogen-bond acceptors (Lipinski definition) is 2. The van der Waals surface area contributed by atoms with Gasteiger partial charge in [0.1, 0.15) is 5.82 Å². The first-order chi connectivity index (χ1) is 6.66. The highest BCUT2D eigenvalue weighted by molar-refractivity contribution is 5.54. The van der Waals surface area contributed by atoms with Crippen molar-refractivity contribution < 1.29 is 4.39 Å². The molecule has 0 aliphatic carbocycles. The number of halogens is 1. The molecule has 1 aliphatic heterocycles. The average molecular weight is 194 g/mol. The lowest BCUT2D eigenvalue weighted by molar-refractivity contribution is 0.626. The van der Waals surface area contributed by atoms with Crippen molar-refractivity contribution in [3.63, 3.8) is 0 Å². The van der Waals surface area contributed by atoms with Crippen molar-refractivity contribution >= 4 is 5.69 Å². The number of anilines is 1. The summed E-state index contributed by atoms with van der Waals surface area (Å²) in [4.78, 5) is 2.22. The zero-order valence-corrected chi connectivity index (χ0v) is 8.33. The van der Waals surface area contributed by atoms with Crippen LogP contribution in [0.15, 0.2) is 18.2 Å². The first kappa shape index (κ1) is 9.46. The molecular formula is C11H15FN2. The van der Waals surface area contributed by atoms with Crippen molar-refractivity contribution in [2.45, 2.75) is 19.4 Å². The van der Waals surface area contributed by atoms with Crippen LogP contribution in [0.2, 0.25) is 0 Å². The largest absolute Gasteiger partial charge is 0.370 e. The zero-order chi connectivity index (χ0) is 10.1. The van der Waals surface area contributed by atoms with Gasteiger partial charge in [-0.05, 0) is 37.1 Å². The van der Waals surface area contributed by atoms with Crippen LogP contribution in [0.5, 0.6) is 0 Å². The normalized spacial score (nSPS) is 21.6. The SMILES string of the molecule is Cc1cc(F)ccc1N1CCC(N)C1. The maximum Gasteiger partial charge on any atom is 0.123 e. The third kappa shape index (κ3) is 1.73. The molecule has 1 heterocycles. The third-order valence-electron chi connectivity index (χ3n) is 2.72. The molecule has 0 bridgehead atoms. The molecule has 1 atom stereocenters. The van der Waals surface area contributed by atoms with Gasteiger partial charge in [0.25, 0.3) is 0 Å². The van der Waals surface area contributed by atoms with E-state index in [-0.39, 0.29) is 11.9 Å². The number of rotatable bonds is 1. The summed E-state index contributed by atoms with van der Waals surface area (Å²) in [5.74, 6) is -0.172. The Bertz CT molecular complexity index is 338. The van der Waals surface area contributed by atoms with Gasteiger partial charge in [-0.25, -0.2) is 4.39 Å². The van der Waals surface area contributed by atoms with Crippen LogP contribution in [0.25, 0.3) is 0 Å². The first-order valence-electron chi connectivity index (χ1n) is 4.93.